The highest BCUT2D eigenvalue weighted by molar-refractivity contribution is 5.50. The van der Waals surface area contributed by atoms with Crippen LogP contribution in [0.4, 0.5) is 0 Å². The third kappa shape index (κ3) is 2.70. The highest BCUT2D eigenvalue weighted by Gasteiger charge is 1.96. The van der Waals surface area contributed by atoms with E-state index in [4.69, 9.17) is 4.74 Å². The van der Waals surface area contributed by atoms with E-state index in [0.717, 1.165) is 11.3 Å². The summed E-state index contributed by atoms with van der Waals surface area (Å²) in [5.41, 5.74) is 1.16. The van der Waals surface area contributed by atoms with Crippen molar-refractivity contribution in [2.24, 2.45) is 0 Å². The summed E-state index contributed by atoms with van der Waals surface area (Å²) < 4.78 is 5.58. The Kier molecular flexibility index (Phi) is 3.34. The minimum Gasteiger partial charge on any atom is -0.439 e. The zero-order chi connectivity index (χ0) is 11.2. The van der Waals surface area contributed by atoms with Gasteiger partial charge in [0.05, 0.1) is 0 Å². The van der Waals surface area contributed by atoms with Crippen LogP contribution in [-0.4, -0.2) is 4.98 Å². The molecule has 16 heavy (non-hydrogen) atoms. The van der Waals surface area contributed by atoms with Crippen LogP contribution in [0.2, 0.25) is 0 Å². The molecule has 2 nitrogen and oxygen atoms in total. The lowest BCUT2D eigenvalue weighted by Crippen LogP contribution is -1.86. The summed E-state index contributed by atoms with van der Waals surface area (Å²) in [5.74, 6) is 1.41. The van der Waals surface area contributed by atoms with E-state index in [1.807, 2.05) is 61.5 Å². The van der Waals surface area contributed by atoms with E-state index in [2.05, 4.69) is 4.98 Å². The van der Waals surface area contributed by atoms with Gasteiger partial charge >= 0.3 is 0 Å². The summed E-state index contributed by atoms with van der Waals surface area (Å²) in [5, 5.41) is 0. The zero-order valence-electron chi connectivity index (χ0n) is 9.13. The van der Waals surface area contributed by atoms with E-state index in [-0.39, 0.29) is 0 Å². The summed E-state index contributed by atoms with van der Waals surface area (Å²) in [6, 6.07) is 13.5. The van der Waals surface area contributed by atoms with Gasteiger partial charge in [-0.25, -0.2) is 4.98 Å². The fourth-order valence-electron chi connectivity index (χ4n) is 1.37. The number of hydrogen-bond acceptors (Lipinski definition) is 2. The predicted molar refractivity (Wildman–Crippen MR) is 65.5 cm³/mol. The predicted octanol–water partition coefficient (Wildman–Crippen LogP) is 3.91. The van der Waals surface area contributed by atoms with Gasteiger partial charge in [-0.15, -0.1) is 0 Å². The fraction of sp³-hybridized carbons (Fsp3) is 0.0714. The van der Waals surface area contributed by atoms with Gasteiger partial charge in [0, 0.05) is 12.3 Å². The highest BCUT2D eigenvalue weighted by Crippen LogP contribution is 2.19. The molecule has 1 heterocycles. The number of benzene rings is 1. The van der Waals surface area contributed by atoms with Crippen molar-refractivity contribution in [1.29, 1.82) is 0 Å². The Bertz CT molecular complexity index is 460. The molecule has 1 aromatic carbocycles. The van der Waals surface area contributed by atoms with E-state index < -0.39 is 0 Å². The molecule has 0 bridgehead atoms. The Morgan fingerprint density at radius 1 is 1.06 bits per heavy atom. The Morgan fingerprint density at radius 3 is 2.50 bits per heavy atom. The standard InChI is InChI=1S/C14H13NO/c1-2-5-12-7-9-13(10-8-12)16-14-6-3-4-11-15-14/h2-11H,1H3/b5-2+. The van der Waals surface area contributed by atoms with Crippen molar-refractivity contribution in [1.82, 2.24) is 4.98 Å². The third-order valence-electron chi connectivity index (χ3n) is 2.10. The fourth-order valence-corrected chi connectivity index (χ4v) is 1.37. The Morgan fingerprint density at radius 2 is 1.88 bits per heavy atom. The molecule has 0 spiro atoms. The van der Waals surface area contributed by atoms with Gasteiger partial charge < -0.3 is 4.74 Å². The van der Waals surface area contributed by atoms with Crippen LogP contribution in [0.3, 0.4) is 0 Å². The van der Waals surface area contributed by atoms with Gasteiger partial charge in [0.15, 0.2) is 0 Å². The number of nitrogens with zero attached hydrogens (tertiary/aromatic N) is 1. The van der Waals surface area contributed by atoms with E-state index >= 15 is 0 Å². The first kappa shape index (κ1) is 10.4. The minimum atomic E-state index is 0.612. The molecular weight excluding hydrogens is 198 g/mol. The number of hydrogen-bond donors (Lipinski definition) is 0. The SMILES string of the molecule is C/C=C/c1ccc(Oc2ccccn2)cc1. The monoisotopic (exact) mass is 211 g/mol. The van der Waals surface area contributed by atoms with Crippen LogP contribution >= 0.6 is 0 Å². The van der Waals surface area contributed by atoms with Gasteiger partial charge in [-0.2, -0.15) is 0 Å². The van der Waals surface area contributed by atoms with Gasteiger partial charge in [0.1, 0.15) is 5.75 Å². The van der Waals surface area contributed by atoms with Crippen molar-refractivity contribution < 1.29 is 4.74 Å². The summed E-state index contributed by atoms with van der Waals surface area (Å²) in [7, 11) is 0. The molecule has 0 saturated heterocycles. The Labute approximate surface area is 95.2 Å². The molecular formula is C14H13NO. The zero-order valence-corrected chi connectivity index (χ0v) is 9.13. The Hall–Kier alpha value is -2.09. The van der Waals surface area contributed by atoms with Crippen molar-refractivity contribution in [2.45, 2.75) is 6.92 Å². The maximum atomic E-state index is 5.58. The smallest absolute Gasteiger partial charge is 0.219 e. The van der Waals surface area contributed by atoms with Gasteiger partial charge in [-0.3, -0.25) is 0 Å². The molecule has 0 aliphatic carbocycles. The van der Waals surface area contributed by atoms with E-state index in [0.29, 0.717) is 5.88 Å². The largest absolute Gasteiger partial charge is 0.439 e. The van der Waals surface area contributed by atoms with Crippen molar-refractivity contribution in [3.05, 3.63) is 60.3 Å². The van der Waals surface area contributed by atoms with Crippen LogP contribution < -0.4 is 4.74 Å². The molecule has 0 saturated carbocycles. The van der Waals surface area contributed by atoms with Crippen LogP contribution in [0.5, 0.6) is 11.6 Å². The number of aromatic nitrogens is 1. The lowest BCUT2D eigenvalue weighted by Gasteiger charge is -2.03. The molecule has 2 heteroatoms. The second kappa shape index (κ2) is 5.12. The van der Waals surface area contributed by atoms with Crippen LogP contribution in [0.15, 0.2) is 54.7 Å². The van der Waals surface area contributed by atoms with E-state index in [1.54, 1.807) is 6.20 Å². The molecule has 1 aromatic heterocycles. The first-order valence-corrected chi connectivity index (χ1v) is 5.20. The van der Waals surface area contributed by atoms with Crippen molar-refractivity contribution in [2.75, 3.05) is 0 Å². The summed E-state index contributed by atoms with van der Waals surface area (Å²) in [6.07, 6.45) is 5.77. The maximum absolute atomic E-state index is 5.58. The summed E-state index contributed by atoms with van der Waals surface area (Å²) in [6.45, 7) is 2.00. The van der Waals surface area contributed by atoms with Crippen molar-refractivity contribution in [3.63, 3.8) is 0 Å². The number of rotatable bonds is 3. The van der Waals surface area contributed by atoms with Gasteiger partial charge in [0.2, 0.25) is 5.88 Å². The topological polar surface area (TPSA) is 22.1 Å². The lowest BCUT2D eigenvalue weighted by molar-refractivity contribution is 0.463. The highest BCUT2D eigenvalue weighted by atomic mass is 16.5. The van der Waals surface area contributed by atoms with Crippen LogP contribution in [0.25, 0.3) is 6.08 Å². The molecule has 80 valence electrons. The normalized spacial score (nSPS) is 10.6. The van der Waals surface area contributed by atoms with Gasteiger partial charge in [-0.1, -0.05) is 30.4 Å². The van der Waals surface area contributed by atoms with Crippen LogP contribution in [-0.2, 0) is 0 Å². The molecule has 0 amide bonds. The molecule has 0 N–H and O–H groups in total. The first-order valence-electron chi connectivity index (χ1n) is 5.20. The average molecular weight is 211 g/mol. The second-order valence-corrected chi connectivity index (χ2v) is 3.34. The third-order valence-corrected chi connectivity index (χ3v) is 2.10. The first-order chi connectivity index (χ1) is 7.88. The number of ether oxygens (including phenoxy) is 1. The van der Waals surface area contributed by atoms with Crippen LogP contribution in [0.1, 0.15) is 12.5 Å². The molecule has 0 radical (unpaired) electrons. The van der Waals surface area contributed by atoms with Gasteiger partial charge in [-0.05, 0) is 30.7 Å². The molecule has 0 unspecified atom stereocenters. The molecule has 2 aromatic rings. The minimum absolute atomic E-state index is 0.612. The quantitative estimate of drug-likeness (QED) is 0.768. The second-order valence-electron chi connectivity index (χ2n) is 3.34. The maximum Gasteiger partial charge on any atom is 0.219 e. The summed E-state index contributed by atoms with van der Waals surface area (Å²) in [4.78, 5) is 4.10. The average Bonchev–Trinajstić information content (AvgIpc) is 2.33. The molecule has 0 aliphatic rings. The van der Waals surface area contributed by atoms with Crippen LogP contribution in [0, 0.1) is 0 Å². The molecule has 2 rings (SSSR count). The van der Waals surface area contributed by atoms with E-state index in [1.165, 1.54) is 0 Å². The summed E-state index contributed by atoms with van der Waals surface area (Å²) >= 11 is 0. The molecule has 0 aliphatic heterocycles. The molecule has 0 fully saturated rings. The number of pyridine rings is 1. The van der Waals surface area contributed by atoms with E-state index in [9.17, 15) is 0 Å². The Balaban J connectivity index is 2.11. The lowest BCUT2D eigenvalue weighted by atomic mass is 10.2. The van der Waals surface area contributed by atoms with Crippen molar-refractivity contribution >= 4 is 6.08 Å². The molecule has 0 atom stereocenters. The number of allylic oxidation sites excluding steroid dienone is 1. The van der Waals surface area contributed by atoms with Gasteiger partial charge in [0.25, 0.3) is 0 Å². The van der Waals surface area contributed by atoms with Crippen molar-refractivity contribution in [3.8, 4) is 11.6 Å².